The van der Waals surface area contributed by atoms with Gasteiger partial charge in [0.2, 0.25) is 0 Å². The smallest absolute Gasteiger partial charge is 0.315 e. The summed E-state index contributed by atoms with van der Waals surface area (Å²) in [6.45, 7) is 13.9. The van der Waals surface area contributed by atoms with Crippen molar-refractivity contribution < 1.29 is 9.32 Å². The number of carbonyl (C=O) groups excluding carboxylic acids is 1. The highest BCUT2D eigenvalue weighted by Crippen LogP contribution is 2.26. The minimum absolute atomic E-state index is 0.0457. The fraction of sp³-hybridized carbons (Fsp3) is 0.370. The average molecular weight is 501 g/mol. The van der Waals surface area contributed by atoms with Crippen molar-refractivity contribution in [3.8, 4) is 11.3 Å². The van der Waals surface area contributed by atoms with Crippen molar-refractivity contribution in [3.05, 3.63) is 71.3 Å². The molecule has 10 nitrogen and oxygen atoms in total. The van der Waals surface area contributed by atoms with Crippen molar-refractivity contribution in [2.24, 2.45) is 0 Å². The molecule has 37 heavy (non-hydrogen) atoms. The lowest BCUT2D eigenvalue weighted by atomic mass is 9.96. The zero-order valence-corrected chi connectivity index (χ0v) is 22.2. The number of rotatable bonds is 7. The topological polar surface area (TPSA) is 132 Å². The molecule has 3 aromatic heterocycles. The highest BCUT2D eigenvalue weighted by molar-refractivity contribution is 5.89. The van der Waals surface area contributed by atoms with E-state index in [0.717, 1.165) is 28.1 Å². The lowest BCUT2D eigenvalue weighted by Gasteiger charge is -2.16. The molecule has 4 rings (SSSR count). The molecule has 3 heterocycles. The summed E-state index contributed by atoms with van der Waals surface area (Å²) < 4.78 is 5.17. The Kier molecular flexibility index (Phi) is 7.28. The van der Waals surface area contributed by atoms with E-state index in [1.165, 1.54) is 6.33 Å². The molecule has 1 aromatic carbocycles. The Morgan fingerprint density at radius 3 is 2.38 bits per heavy atom. The van der Waals surface area contributed by atoms with Gasteiger partial charge in [0.15, 0.2) is 11.6 Å². The Balaban J connectivity index is 1.46. The first-order valence-corrected chi connectivity index (χ1v) is 12.2. The second-order valence-corrected chi connectivity index (χ2v) is 10.4. The van der Waals surface area contributed by atoms with Crippen LogP contribution in [0.1, 0.15) is 86.8 Å². The number of carbonyl (C=O) groups is 1. The molecular weight excluding hydrogens is 468 g/mol. The number of anilines is 2. The van der Waals surface area contributed by atoms with Crippen LogP contribution in [0, 0.1) is 6.92 Å². The van der Waals surface area contributed by atoms with E-state index in [4.69, 9.17) is 4.52 Å². The van der Waals surface area contributed by atoms with E-state index in [-0.39, 0.29) is 17.3 Å². The summed E-state index contributed by atoms with van der Waals surface area (Å²) in [5.41, 5.74) is 4.30. The molecule has 0 aliphatic heterocycles. The molecule has 0 unspecified atom stereocenters. The fourth-order valence-electron chi connectivity index (χ4n) is 3.71. The van der Waals surface area contributed by atoms with Crippen LogP contribution < -0.4 is 10.6 Å². The Labute approximate surface area is 216 Å². The summed E-state index contributed by atoms with van der Waals surface area (Å²) in [4.78, 5) is 25.6. The van der Waals surface area contributed by atoms with Gasteiger partial charge >= 0.3 is 11.8 Å². The predicted molar refractivity (Wildman–Crippen MR) is 140 cm³/mol. The van der Waals surface area contributed by atoms with E-state index in [2.05, 4.69) is 54.8 Å². The van der Waals surface area contributed by atoms with Gasteiger partial charge in [0.25, 0.3) is 0 Å². The first kappa shape index (κ1) is 25.9. The van der Waals surface area contributed by atoms with Gasteiger partial charge in [-0.25, -0.2) is 9.97 Å². The number of aromatic nitrogens is 6. The summed E-state index contributed by atoms with van der Waals surface area (Å²) in [6.07, 6.45) is 1.51. The van der Waals surface area contributed by atoms with Crippen molar-refractivity contribution in [2.45, 2.75) is 65.8 Å². The van der Waals surface area contributed by atoms with Crippen LogP contribution in [-0.2, 0) is 5.41 Å². The summed E-state index contributed by atoms with van der Waals surface area (Å²) in [7, 11) is 0. The third-order valence-electron chi connectivity index (χ3n) is 5.87. The number of hydrogen-bond acceptors (Lipinski definition) is 9. The standard InChI is InChI=1S/C27H32N8O2/c1-15(2)20-10-11-22(34-33-20)31-23-13-21(28-14-29-23)18-8-9-19(16(3)12-18)17(4)30-24(36)25-32-26(35-37-25)27(5,6)7/h8-15,17H,1-7H3,(H,30,36)(H,28,29,31,34)/t17-/m1/s1. The zero-order chi connectivity index (χ0) is 26.7. The summed E-state index contributed by atoms with van der Waals surface area (Å²) in [6, 6.07) is 11.4. The Bertz CT molecular complexity index is 1390. The fourth-order valence-corrected chi connectivity index (χ4v) is 3.71. The molecule has 0 radical (unpaired) electrons. The number of aryl methyl sites for hydroxylation is 1. The number of hydrogen-bond donors (Lipinski definition) is 2. The summed E-state index contributed by atoms with van der Waals surface area (Å²) in [5, 5.41) is 18.5. The number of nitrogens with zero attached hydrogens (tertiary/aromatic N) is 6. The van der Waals surface area contributed by atoms with E-state index in [0.29, 0.717) is 23.4 Å². The maximum atomic E-state index is 12.7. The molecule has 0 aliphatic carbocycles. The van der Waals surface area contributed by atoms with Crippen molar-refractivity contribution in [3.63, 3.8) is 0 Å². The van der Waals surface area contributed by atoms with E-state index >= 15 is 0 Å². The number of nitrogens with one attached hydrogen (secondary N) is 2. The van der Waals surface area contributed by atoms with Gasteiger partial charge in [0, 0.05) is 17.0 Å². The summed E-state index contributed by atoms with van der Waals surface area (Å²) in [5.74, 6) is 1.58. The predicted octanol–water partition coefficient (Wildman–Crippen LogP) is 5.28. The summed E-state index contributed by atoms with van der Waals surface area (Å²) >= 11 is 0. The molecule has 192 valence electrons. The Morgan fingerprint density at radius 2 is 1.76 bits per heavy atom. The van der Waals surface area contributed by atoms with Crippen LogP contribution in [-0.4, -0.2) is 36.2 Å². The van der Waals surface area contributed by atoms with Gasteiger partial charge in [-0.05, 0) is 49.1 Å². The molecule has 0 saturated carbocycles. The molecular formula is C27H32N8O2. The van der Waals surface area contributed by atoms with Gasteiger partial charge < -0.3 is 15.2 Å². The molecule has 0 bridgehead atoms. The minimum Gasteiger partial charge on any atom is -0.341 e. The maximum Gasteiger partial charge on any atom is 0.315 e. The number of amides is 1. The van der Waals surface area contributed by atoms with E-state index < -0.39 is 5.91 Å². The molecule has 0 spiro atoms. The highest BCUT2D eigenvalue weighted by Gasteiger charge is 2.25. The first-order chi connectivity index (χ1) is 17.5. The molecule has 10 heteroatoms. The molecule has 4 aromatic rings. The van der Waals surface area contributed by atoms with Gasteiger partial charge in [-0.3, -0.25) is 4.79 Å². The highest BCUT2D eigenvalue weighted by atomic mass is 16.5. The second-order valence-electron chi connectivity index (χ2n) is 10.4. The van der Waals surface area contributed by atoms with Gasteiger partial charge in [-0.2, -0.15) is 10.1 Å². The van der Waals surface area contributed by atoms with Gasteiger partial charge in [0.1, 0.15) is 12.1 Å². The zero-order valence-electron chi connectivity index (χ0n) is 22.2. The molecule has 0 aliphatic rings. The molecule has 1 amide bonds. The van der Waals surface area contributed by atoms with Gasteiger partial charge in [-0.15, -0.1) is 5.10 Å². The maximum absolute atomic E-state index is 12.7. The van der Waals surface area contributed by atoms with Crippen LogP contribution in [0.25, 0.3) is 11.3 Å². The Morgan fingerprint density at radius 1 is 0.973 bits per heavy atom. The first-order valence-electron chi connectivity index (χ1n) is 12.2. The van der Waals surface area contributed by atoms with Crippen LogP contribution >= 0.6 is 0 Å². The minimum atomic E-state index is -0.407. The van der Waals surface area contributed by atoms with Crippen LogP contribution in [0.15, 0.2) is 47.2 Å². The van der Waals surface area contributed by atoms with Crippen molar-refractivity contribution in [2.75, 3.05) is 5.32 Å². The van der Waals surface area contributed by atoms with E-state index in [9.17, 15) is 4.79 Å². The van der Waals surface area contributed by atoms with E-state index in [1.807, 2.05) is 71.0 Å². The van der Waals surface area contributed by atoms with Crippen molar-refractivity contribution in [1.82, 2.24) is 35.6 Å². The largest absolute Gasteiger partial charge is 0.341 e. The SMILES string of the molecule is Cc1cc(-c2cc(Nc3ccc(C(C)C)nn3)ncn2)ccc1[C@@H](C)NC(=O)c1nc(C(C)(C)C)no1. The molecule has 0 fully saturated rings. The molecule has 2 N–H and O–H groups in total. The number of benzene rings is 1. The molecule has 0 saturated heterocycles. The van der Waals surface area contributed by atoms with Crippen LogP contribution in [0.2, 0.25) is 0 Å². The van der Waals surface area contributed by atoms with Gasteiger partial charge in [0.05, 0.1) is 17.4 Å². The molecule has 1 atom stereocenters. The van der Waals surface area contributed by atoms with Crippen LogP contribution in [0.3, 0.4) is 0 Å². The van der Waals surface area contributed by atoms with Crippen LogP contribution in [0.4, 0.5) is 11.6 Å². The second kappa shape index (κ2) is 10.4. The van der Waals surface area contributed by atoms with E-state index in [1.54, 1.807) is 0 Å². The lowest BCUT2D eigenvalue weighted by molar-refractivity contribution is 0.0895. The lowest BCUT2D eigenvalue weighted by Crippen LogP contribution is -2.27. The quantitative estimate of drug-likeness (QED) is 0.348. The average Bonchev–Trinajstić information content (AvgIpc) is 3.36. The van der Waals surface area contributed by atoms with Crippen molar-refractivity contribution >= 4 is 17.5 Å². The third-order valence-corrected chi connectivity index (χ3v) is 5.87. The Hall–Kier alpha value is -4.21. The third kappa shape index (κ3) is 6.14. The van der Waals surface area contributed by atoms with Crippen LogP contribution in [0.5, 0.6) is 0 Å². The monoisotopic (exact) mass is 500 g/mol. The van der Waals surface area contributed by atoms with Crippen molar-refractivity contribution in [1.29, 1.82) is 0 Å². The van der Waals surface area contributed by atoms with Gasteiger partial charge in [-0.1, -0.05) is 51.9 Å². The normalized spacial score (nSPS) is 12.4.